The van der Waals surface area contributed by atoms with Gasteiger partial charge in [-0.2, -0.15) is 0 Å². The van der Waals surface area contributed by atoms with Crippen molar-refractivity contribution in [1.29, 1.82) is 0 Å². The number of ketones is 1. The summed E-state index contributed by atoms with van der Waals surface area (Å²) in [6.07, 6.45) is 8.84. The summed E-state index contributed by atoms with van der Waals surface area (Å²) < 4.78 is 11.7. The molecule has 3 nitrogen and oxygen atoms in total. The second-order valence-corrected chi connectivity index (χ2v) is 10.2. The van der Waals surface area contributed by atoms with Crippen molar-refractivity contribution in [2.24, 2.45) is 17.3 Å². The molecular weight excluding hydrogens is 396 g/mol. The van der Waals surface area contributed by atoms with E-state index in [1.165, 1.54) is 16.7 Å². The third-order valence-electron chi connectivity index (χ3n) is 9.05. The molecule has 2 fully saturated rings. The molecule has 168 valence electrons. The van der Waals surface area contributed by atoms with Crippen molar-refractivity contribution in [3.63, 3.8) is 0 Å². The predicted molar refractivity (Wildman–Crippen MR) is 126 cm³/mol. The largest absolute Gasteiger partial charge is 0.497 e. The molecule has 0 saturated heterocycles. The molecule has 32 heavy (non-hydrogen) atoms. The van der Waals surface area contributed by atoms with Crippen LogP contribution < -0.4 is 4.74 Å². The van der Waals surface area contributed by atoms with Gasteiger partial charge >= 0.3 is 0 Å². The van der Waals surface area contributed by atoms with E-state index in [1.807, 2.05) is 20.1 Å². The number of rotatable bonds is 3. The van der Waals surface area contributed by atoms with Gasteiger partial charge in [-0.3, -0.25) is 4.79 Å². The summed E-state index contributed by atoms with van der Waals surface area (Å²) in [4.78, 5) is 12.2. The molecule has 0 bridgehead atoms. The monoisotopic (exact) mass is 430 g/mol. The van der Waals surface area contributed by atoms with Crippen molar-refractivity contribution < 1.29 is 14.3 Å². The molecule has 0 aliphatic heterocycles. The normalized spacial score (nSPS) is 35.8. The van der Waals surface area contributed by atoms with E-state index in [2.05, 4.69) is 43.0 Å². The van der Waals surface area contributed by atoms with E-state index in [9.17, 15) is 4.79 Å². The molecule has 2 saturated carbocycles. The van der Waals surface area contributed by atoms with Crippen LogP contribution in [-0.4, -0.2) is 25.6 Å². The van der Waals surface area contributed by atoms with Gasteiger partial charge in [0, 0.05) is 24.9 Å². The lowest BCUT2D eigenvalue weighted by atomic mass is 9.51. The summed E-state index contributed by atoms with van der Waals surface area (Å²) in [6, 6.07) is 8.63. The molecule has 0 N–H and O–H groups in total. The average Bonchev–Trinajstić information content (AvgIpc) is 3.10. The Bertz CT molecular complexity index is 1050. The third-order valence-corrected chi connectivity index (χ3v) is 9.05. The van der Waals surface area contributed by atoms with Crippen LogP contribution in [0.3, 0.4) is 0 Å². The standard InChI is InChI=1S/C29H34O3/c1-5-15-29(32-4)16-14-26-24-12-8-20-17-21(30)9-13-23(20)27(24)25(18-28(26,29)2)19-6-10-22(31-3)11-7-19/h6-7,10-11,17,24-26H,8-9,12-14,16,18H2,1-4H3/t24-,25+,26-,28-,29-/m0/s1. The van der Waals surface area contributed by atoms with Gasteiger partial charge in [-0.05, 0) is 92.2 Å². The maximum atomic E-state index is 12.2. The van der Waals surface area contributed by atoms with Crippen LogP contribution in [0.15, 0.2) is 47.1 Å². The van der Waals surface area contributed by atoms with Crippen LogP contribution in [0, 0.1) is 29.1 Å². The molecule has 5 rings (SSSR count). The van der Waals surface area contributed by atoms with Gasteiger partial charge in [0.2, 0.25) is 0 Å². The smallest absolute Gasteiger partial charge is 0.156 e. The predicted octanol–water partition coefficient (Wildman–Crippen LogP) is 6.00. The maximum Gasteiger partial charge on any atom is 0.156 e. The van der Waals surface area contributed by atoms with Gasteiger partial charge in [-0.15, -0.1) is 5.92 Å². The van der Waals surface area contributed by atoms with E-state index in [-0.39, 0.29) is 11.0 Å². The minimum Gasteiger partial charge on any atom is -0.497 e. The van der Waals surface area contributed by atoms with E-state index in [0.29, 0.717) is 30.0 Å². The van der Waals surface area contributed by atoms with Crippen molar-refractivity contribution in [3.8, 4) is 17.6 Å². The Balaban J connectivity index is 1.69. The zero-order chi connectivity index (χ0) is 22.5. The Morgan fingerprint density at radius 1 is 1.06 bits per heavy atom. The van der Waals surface area contributed by atoms with Gasteiger partial charge in [-0.1, -0.05) is 30.6 Å². The molecule has 0 amide bonds. The summed E-state index contributed by atoms with van der Waals surface area (Å²) >= 11 is 0. The number of methoxy groups -OCH3 is 2. The zero-order valence-electron chi connectivity index (χ0n) is 19.8. The van der Waals surface area contributed by atoms with Gasteiger partial charge in [0.15, 0.2) is 5.78 Å². The highest BCUT2D eigenvalue weighted by molar-refractivity contribution is 5.93. The first kappa shape index (κ1) is 21.5. The van der Waals surface area contributed by atoms with E-state index >= 15 is 0 Å². The zero-order valence-corrected chi connectivity index (χ0v) is 19.8. The fourth-order valence-corrected chi connectivity index (χ4v) is 7.58. The number of hydrogen-bond acceptors (Lipinski definition) is 3. The van der Waals surface area contributed by atoms with Crippen LogP contribution in [0.25, 0.3) is 0 Å². The number of benzene rings is 1. The Kier molecular flexibility index (Phi) is 5.33. The van der Waals surface area contributed by atoms with Crippen LogP contribution in [0.4, 0.5) is 0 Å². The van der Waals surface area contributed by atoms with Gasteiger partial charge in [0.1, 0.15) is 11.4 Å². The Hall–Kier alpha value is -2.31. The summed E-state index contributed by atoms with van der Waals surface area (Å²) in [6.45, 7) is 4.37. The molecule has 4 aliphatic rings. The van der Waals surface area contributed by atoms with Gasteiger partial charge in [0.25, 0.3) is 0 Å². The molecule has 0 spiro atoms. The molecule has 3 heteroatoms. The SMILES string of the molecule is CC#C[C@]1(OC)CC[C@H]2[C@@H]3CCC4=CC(=O)CCC4=C3[C@@H](c3ccc(OC)cc3)C[C@@]21C. The van der Waals surface area contributed by atoms with Crippen molar-refractivity contribution in [3.05, 3.63) is 52.6 Å². The fraction of sp³-hybridized carbons (Fsp3) is 0.552. The summed E-state index contributed by atoms with van der Waals surface area (Å²) in [5, 5.41) is 0. The van der Waals surface area contributed by atoms with Crippen LogP contribution >= 0.6 is 0 Å². The lowest BCUT2D eigenvalue weighted by Gasteiger charge is -2.54. The summed E-state index contributed by atoms with van der Waals surface area (Å²) in [5.41, 5.74) is 5.36. The van der Waals surface area contributed by atoms with E-state index in [0.717, 1.165) is 44.3 Å². The molecule has 0 radical (unpaired) electrons. The lowest BCUT2D eigenvalue weighted by molar-refractivity contribution is -0.114. The quantitative estimate of drug-likeness (QED) is 0.552. The summed E-state index contributed by atoms with van der Waals surface area (Å²) in [5.74, 6) is 9.35. The highest BCUT2D eigenvalue weighted by Crippen LogP contribution is 2.67. The first-order chi connectivity index (χ1) is 15.5. The van der Waals surface area contributed by atoms with Crippen molar-refractivity contribution in [2.45, 2.75) is 70.3 Å². The van der Waals surface area contributed by atoms with E-state index < -0.39 is 0 Å². The number of allylic oxidation sites excluding steroid dienone is 4. The van der Waals surface area contributed by atoms with Crippen LogP contribution in [0.5, 0.6) is 5.75 Å². The minimum atomic E-state index is -0.383. The van der Waals surface area contributed by atoms with Crippen LogP contribution in [0.2, 0.25) is 0 Å². The first-order valence-corrected chi connectivity index (χ1v) is 12.1. The number of carbonyl (C=O) groups excluding carboxylic acids is 1. The van der Waals surface area contributed by atoms with Gasteiger partial charge in [0.05, 0.1) is 7.11 Å². The van der Waals surface area contributed by atoms with Crippen molar-refractivity contribution in [1.82, 2.24) is 0 Å². The highest BCUT2D eigenvalue weighted by atomic mass is 16.5. The molecule has 1 aromatic carbocycles. The summed E-state index contributed by atoms with van der Waals surface area (Å²) in [7, 11) is 3.57. The Morgan fingerprint density at radius 3 is 2.53 bits per heavy atom. The van der Waals surface area contributed by atoms with Gasteiger partial charge < -0.3 is 9.47 Å². The second-order valence-electron chi connectivity index (χ2n) is 10.2. The molecule has 1 aromatic rings. The van der Waals surface area contributed by atoms with Crippen LogP contribution in [-0.2, 0) is 9.53 Å². The molecule has 0 aromatic heterocycles. The van der Waals surface area contributed by atoms with E-state index in [4.69, 9.17) is 9.47 Å². The fourth-order valence-electron chi connectivity index (χ4n) is 7.58. The molecule has 0 heterocycles. The van der Waals surface area contributed by atoms with Crippen molar-refractivity contribution >= 4 is 5.78 Å². The second kappa shape index (κ2) is 7.92. The molecular formula is C29H34O3. The Morgan fingerprint density at radius 2 is 1.84 bits per heavy atom. The number of fused-ring (bicyclic) bond motifs is 4. The van der Waals surface area contributed by atoms with Crippen LogP contribution in [0.1, 0.15) is 70.3 Å². The van der Waals surface area contributed by atoms with Crippen molar-refractivity contribution in [2.75, 3.05) is 14.2 Å². The lowest BCUT2D eigenvalue weighted by Crippen LogP contribution is -2.52. The highest BCUT2D eigenvalue weighted by Gasteiger charge is 2.63. The van der Waals surface area contributed by atoms with E-state index in [1.54, 1.807) is 12.7 Å². The Labute approximate surface area is 192 Å². The maximum absolute atomic E-state index is 12.2. The topological polar surface area (TPSA) is 35.5 Å². The molecule has 0 unspecified atom stereocenters. The minimum absolute atomic E-state index is 0.00418. The molecule has 5 atom stereocenters. The number of hydrogen-bond donors (Lipinski definition) is 0. The number of ether oxygens (including phenoxy) is 2. The third kappa shape index (κ3) is 3.03. The first-order valence-electron chi connectivity index (χ1n) is 12.1. The van der Waals surface area contributed by atoms with Gasteiger partial charge in [-0.25, -0.2) is 0 Å². The number of carbonyl (C=O) groups is 1. The average molecular weight is 431 g/mol. The molecule has 4 aliphatic carbocycles.